The Morgan fingerprint density at radius 3 is 2.55 bits per heavy atom. The first-order valence-corrected chi connectivity index (χ1v) is 9.63. The van der Waals surface area contributed by atoms with Gasteiger partial charge in [-0.3, -0.25) is 4.79 Å². The Kier molecular flexibility index (Phi) is 4.40. The maximum Gasteiger partial charge on any atom is 0.254 e. The van der Waals surface area contributed by atoms with Gasteiger partial charge in [-0.15, -0.1) is 0 Å². The minimum Gasteiger partial charge on any atom is -0.353 e. The van der Waals surface area contributed by atoms with Crippen molar-refractivity contribution in [1.29, 1.82) is 0 Å². The number of H-pyrrole nitrogens is 1. The number of carbonyl (C=O) groups excluding carboxylic acids is 1. The second kappa shape index (κ2) is 7.35. The van der Waals surface area contributed by atoms with Crippen molar-refractivity contribution in [3.05, 3.63) is 72.8 Å². The third kappa shape index (κ3) is 3.42. The van der Waals surface area contributed by atoms with Gasteiger partial charge in [-0.1, -0.05) is 30.3 Å². The lowest BCUT2D eigenvalue weighted by molar-refractivity contribution is 0.0746. The molecule has 5 rings (SSSR count). The number of nitrogens with one attached hydrogen (secondary N) is 1. The minimum absolute atomic E-state index is 0.0498. The summed E-state index contributed by atoms with van der Waals surface area (Å²) in [5.74, 6) is 0.943. The van der Waals surface area contributed by atoms with E-state index in [1.54, 1.807) is 12.7 Å². The Hall–Kier alpha value is -3.74. The summed E-state index contributed by atoms with van der Waals surface area (Å²) >= 11 is 0. The van der Waals surface area contributed by atoms with Crippen molar-refractivity contribution in [3.8, 4) is 11.3 Å². The van der Waals surface area contributed by atoms with Gasteiger partial charge in [0, 0.05) is 43.4 Å². The summed E-state index contributed by atoms with van der Waals surface area (Å²) in [6.07, 6.45) is 3.25. The van der Waals surface area contributed by atoms with E-state index in [0.29, 0.717) is 18.7 Å². The van der Waals surface area contributed by atoms with Gasteiger partial charge in [-0.25, -0.2) is 15.0 Å². The molecule has 1 saturated heterocycles. The number of aromatic nitrogens is 4. The highest BCUT2D eigenvalue weighted by Crippen LogP contribution is 2.22. The van der Waals surface area contributed by atoms with Gasteiger partial charge in [0.15, 0.2) is 0 Å². The number of benzene rings is 2. The SMILES string of the molecule is O=C(c1ccc2nc[nH]c2c1)N1CCN(c2cc(-c3ccccc3)ncn2)CC1. The summed E-state index contributed by atoms with van der Waals surface area (Å²) in [6.45, 7) is 2.79. The fourth-order valence-electron chi connectivity index (χ4n) is 3.68. The van der Waals surface area contributed by atoms with Gasteiger partial charge in [0.2, 0.25) is 0 Å². The van der Waals surface area contributed by atoms with Gasteiger partial charge in [0.05, 0.1) is 23.1 Å². The number of hydrogen-bond donors (Lipinski definition) is 1. The van der Waals surface area contributed by atoms with Crippen molar-refractivity contribution < 1.29 is 4.79 Å². The Morgan fingerprint density at radius 1 is 0.897 bits per heavy atom. The molecule has 1 fully saturated rings. The number of imidazole rings is 1. The number of aromatic amines is 1. The number of nitrogens with zero attached hydrogens (tertiary/aromatic N) is 5. The molecule has 3 heterocycles. The molecule has 1 N–H and O–H groups in total. The van der Waals surface area contributed by atoms with Crippen LogP contribution in [0, 0.1) is 0 Å². The van der Waals surface area contributed by atoms with Crippen LogP contribution in [0.15, 0.2) is 67.3 Å². The Morgan fingerprint density at radius 2 is 1.72 bits per heavy atom. The van der Waals surface area contributed by atoms with Crippen molar-refractivity contribution in [2.24, 2.45) is 0 Å². The first kappa shape index (κ1) is 17.4. The van der Waals surface area contributed by atoms with E-state index in [0.717, 1.165) is 41.2 Å². The van der Waals surface area contributed by atoms with E-state index in [1.807, 2.05) is 59.5 Å². The summed E-state index contributed by atoms with van der Waals surface area (Å²) in [7, 11) is 0. The van der Waals surface area contributed by atoms with E-state index in [4.69, 9.17) is 0 Å². The number of piperazine rings is 1. The fraction of sp³-hybridized carbons (Fsp3) is 0.182. The highest BCUT2D eigenvalue weighted by molar-refractivity contribution is 5.97. The predicted molar refractivity (Wildman–Crippen MR) is 112 cm³/mol. The third-order valence-corrected chi connectivity index (χ3v) is 5.28. The van der Waals surface area contributed by atoms with Crippen LogP contribution in [0.1, 0.15) is 10.4 Å². The van der Waals surface area contributed by atoms with Crippen molar-refractivity contribution in [2.75, 3.05) is 31.1 Å². The molecule has 0 aliphatic carbocycles. The van der Waals surface area contributed by atoms with Crippen LogP contribution in [-0.2, 0) is 0 Å². The monoisotopic (exact) mass is 384 g/mol. The first-order valence-electron chi connectivity index (χ1n) is 9.63. The molecule has 1 aliphatic rings. The van der Waals surface area contributed by atoms with E-state index in [9.17, 15) is 4.79 Å². The molecule has 0 bridgehead atoms. The zero-order valence-corrected chi connectivity index (χ0v) is 15.8. The standard InChI is InChI=1S/C22H20N6O/c29-22(17-6-7-18-20(12-17)25-14-23-18)28-10-8-27(9-11-28)21-13-19(24-15-26-21)16-4-2-1-3-5-16/h1-7,12-15H,8-11H2,(H,23,25). The molecule has 4 aromatic rings. The van der Waals surface area contributed by atoms with E-state index in [1.165, 1.54) is 0 Å². The zero-order valence-electron chi connectivity index (χ0n) is 15.8. The third-order valence-electron chi connectivity index (χ3n) is 5.28. The molecule has 0 unspecified atom stereocenters. The lowest BCUT2D eigenvalue weighted by atomic mass is 10.1. The highest BCUT2D eigenvalue weighted by atomic mass is 16.2. The normalized spacial score (nSPS) is 14.3. The lowest BCUT2D eigenvalue weighted by Gasteiger charge is -2.35. The maximum absolute atomic E-state index is 12.9. The zero-order chi connectivity index (χ0) is 19.6. The molecule has 1 aliphatic heterocycles. The Labute approximate surface area is 168 Å². The summed E-state index contributed by atoms with van der Waals surface area (Å²) in [4.78, 5) is 33.1. The van der Waals surface area contributed by atoms with Crippen LogP contribution < -0.4 is 4.90 Å². The number of anilines is 1. The van der Waals surface area contributed by atoms with E-state index >= 15 is 0 Å². The van der Waals surface area contributed by atoms with E-state index in [-0.39, 0.29) is 5.91 Å². The first-order chi connectivity index (χ1) is 14.3. The largest absolute Gasteiger partial charge is 0.353 e. The molecule has 7 nitrogen and oxygen atoms in total. The molecule has 144 valence electrons. The summed E-state index contributed by atoms with van der Waals surface area (Å²) in [5, 5.41) is 0. The van der Waals surface area contributed by atoms with E-state index < -0.39 is 0 Å². The van der Waals surface area contributed by atoms with Crippen LogP contribution in [0.3, 0.4) is 0 Å². The highest BCUT2D eigenvalue weighted by Gasteiger charge is 2.23. The molecular weight excluding hydrogens is 364 g/mol. The number of fused-ring (bicyclic) bond motifs is 1. The van der Waals surface area contributed by atoms with Crippen LogP contribution in [-0.4, -0.2) is 56.9 Å². The van der Waals surface area contributed by atoms with Crippen LogP contribution in [0.4, 0.5) is 5.82 Å². The molecule has 7 heteroatoms. The van der Waals surface area contributed by atoms with E-state index in [2.05, 4.69) is 24.8 Å². The Bertz CT molecular complexity index is 1150. The quantitative estimate of drug-likeness (QED) is 0.588. The van der Waals surface area contributed by atoms with Gasteiger partial charge in [-0.05, 0) is 18.2 Å². The molecular formula is C22H20N6O. The molecule has 29 heavy (non-hydrogen) atoms. The van der Waals surface area contributed by atoms with Crippen LogP contribution in [0.25, 0.3) is 22.3 Å². The molecule has 0 radical (unpaired) electrons. The second-order valence-corrected chi connectivity index (χ2v) is 7.04. The molecule has 0 atom stereocenters. The smallest absolute Gasteiger partial charge is 0.254 e. The lowest BCUT2D eigenvalue weighted by Crippen LogP contribution is -2.49. The number of carbonyl (C=O) groups is 1. The van der Waals surface area contributed by atoms with Crippen molar-refractivity contribution in [2.45, 2.75) is 0 Å². The van der Waals surface area contributed by atoms with Crippen molar-refractivity contribution in [3.63, 3.8) is 0 Å². The van der Waals surface area contributed by atoms with Crippen molar-refractivity contribution >= 4 is 22.8 Å². The second-order valence-electron chi connectivity index (χ2n) is 7.04. The maximum atomic E-state index is 12.9. The summed E-state index contributed by atoms with van der Waals surface area (Å²) < 4.78 is 0. The molecule has 2 aromatic heterocycles. The fourth-order valence-corrected chi connectivity index (χ4v) is 3.68. The summed E-state index contributed by atoms with van der Waals surface area (Å²) in [5.41, 5.74) is 4.40. The molecule has 0 spiro atoms. The minimum atomic E-state index is 0.0498. The van der Waals surface area contributed by atoms with Gasteiger partial charge < -0.3 is 14.8 Å². The number of amides is 1. The van der Waals surface area contributed by atoms with Crippen molar-refractivity contribution in [1.82, 2.24) is 24.8 Å². The van der Waals surface area contributed by atoms with Crippen LogP contribution in [0.5, 0.6) is 0 Å². The van der Waals surface area contributed by atoms with Gasteiger partial charge in [0.1, 0.15) is 12.1 Å². The average Bonchev–Trinajstić information content (AvgIpc) is 3.27. The molecule has 1 amide bonds. The van der Waals surface area contributed by atoms with Crippen LogP contribution >= 0.6 is 0 Å². The average molecular weight is 384 g/mol. The number of rotatable bonds is 3. The van der Waals surface area contributed by atoms with Gasteiger partial charge in [-0.2, -0.15) is 0 Å². The predicted octanol–water partition coefficient (Wildman–Crippen LogP) is 2.98. The molecule has 0 saturated carbocycles. The summed E-state index contributed by atoms with van der Waals surface area (Å²) in [6, 6.07) is 17.7. The van der Waals surface area contributed by atoms with Gasteiger partial charge >= 0.3 is 0 Å². The molecule has 2 aromatic carbocycles. The van der Waals surface area contributed by atoms with Crippen LogP contribution in [0.2, 0.25) is 0 Å². The topological polar surface area (TPSA) is 78.0 Å². The Balaban J connectivity index is 1.28. The van der Waals surface area contributed by atoms with Gasteiger partial charge in [0.25, 0.3) is 5.91 Å². The number of hydrogen-bond acceptors (Lipinski definition) is 5.